The molecule has 114 valence electrons. The molecule has 0 aliphatic heterocycles. The fraction of sp³-hybridized carbons (Fsp3) is 0.533. The van der Waals surface area contributed by atoms with E-state index in [0.717, 1.165) is 29.0 Å². The Morgan fingerprint density at radius 3 is 2.86 bits per heavy atom. The number of aromatic nitrogens is 2. The van der Waals surface area contributed by atoms with Crippen LogP contribution in [0, 0.1) is 12.3 Å². The lowest BCUT2D eigenvalue weighted by Gasteiger charge is -2.24. The topological polar surface area (TPSA) is 75.1 Å². The molecule has 0 saturated heterocycles. The number of carbonyl (C=O) groups is 1. The molecule has 2 aromatic rings. The molecule has 2 rings (SSSR count). The summed E-state index contributed by atoms with van der Waals surface area (Å²) >= 11 is 1.66. The zero-order valence-corrected chi connectivity index (χ0v) is 13.5. The Morgan fingerprint density at radius 2 is 2.14 bits per heavy atom. The van der Waals surface area contributed by atoms with Gasteiger partial charge in [0.1, 0.15) is 17.0 Å². The van der Waals surface area contributed by atoms with Gasteiger partial charge in [0.2, 0.25) is 0 Å². The van der Waals surface area contributed by atoms with Gasteiger partial charge in [-0.3, -0.25) is 4.79 Å². The van der Waals surface area contributed by atoms with Crippen LogP contribution in [0.1, 0.15) is 38.0 Å². The Bertz CT molecular complexity index is 637. The highest BCUT2D eigenvalue weighted by Crippen LogP contribution is 2.29. The lowest BCUT2D eigenvalue weighted by atomic mass is 9.84. The van der Waals surface area contributed by atoms with Crippen molar-refractivity contribution in [2.75, 3.05) is 11.9 Å². The molecule has 5 nitrogen and oxygen atoms in total. The monoisotopic (exact) mass is 307 g/mol. The van der Waals surface area contributed by atoms with Gasteiger partial charge in [0, 0.05) is 17.8 Å². The summed E-state index contributed by atoms with van der Waals surface area (Å²) in [6.07, 6.45) is 3.38. The van der Waals surface area contributed by atoms with Crippen molar-refractivity contribution in [2.45, 2.75) is 40.0 Å². The van der Waals surface area contributed by atoms with Gasteiger partial charge in [-0.2, -0.15) is 0 Å². The van der Waals surface area contributed by atoms with Crippen molar-refractivity contribution in [3.05, 3.63) is 17.3 Å². The minimum Gasteiger partial charge on any atom is -0.481 e. The second kappa shape index (κ2) is 6.39. The SMILES string of the molecule is Cc1cc2c(NCCC(C)(C)CCC(=O)O)ncnc2s1. The zero-order chi connectivity index (χ0) is 15.5. The lowest BCUT2D eigenvalue weighted by molar-refractivity contribution is -0.137. The van der Waals surface area contributed by atoms with E-state index in [0.29, 0.717) is 6.42 Å². The van der Waals surface area contributed by atoms with Crippen LogP contribution in [0.3, 0.4) is 0 Å². The number of hydrogen-bond acceptors (Lipinski definition) is 5. The first kappa shape index (κ1) is 15.7. The van der Waals surface area contributed by atoms with E-state index in [9.17, 15) is 4.79 Å². The van der Waals surface area contributed by atoms with Crippen molar-refractivity contribution in [3.63, 3.8) is 0 Å². The number of aliphatic carboxylic acids is 1. The number of anilines is 1. The molecule has 2 heterocycles. The molecule has 6 heteroatoms. The van der Waals surface area contributed by atoms with Crippen LogP contribution in [0.5, 0.6) is 0 Å². The molecule has 0 amide bonds. The number of aryl methyl sites for hydroxylation is 1. The maximum absolute atomic E-state index is 10.7. The first-order chi connectivity index (χ1) is 9.87. The standard InChI is InChI=1S/C15H21N3O2S/c1-10-8-11-13(17-9-18-14(11)21-10)16-7-6-15(2,3)5-4-12(19)20/h8-9H,4-7H2,1-3H3,(H,19,20)(H,16,17,18). The summed E-state index contributed by atoms with van der Waals surface area (Å²) in [5.41, 5.74) is 0.00208. The van der Waals surface area contributed by atoms with E-state index < -0.39 is 5.97 Å². The Kier molecular flexibility index (Phi) is 4.77. The van der Waals surface area contributed by atoms with Gasteiger partial charge < -0.3 is 10.4 Å². The third-order valence-electron chi connectivity index (χ3n) is 3.56. The quantitative estimate of drug-likeness (QED) is 0.816. The smallest absolute Gasteiger partial charge is 0.303 e. The minimum atomic E-state index is -0.734. The van der Waals surface area contributed by atoms with Gasteiger partial charge in [-0.05, 0) is 31.2 Å². The maximum atomic E-state index is 10.7. The van der Waals surface area contributed by atoms with Gasteiger partial charge in [-0.1, -0.05) is 13.8 Å². The van der Waals surface area contributed by atoms with Crippen molar-refractivity contribution in [1.29, 1.82) is 0 Å². The molecule has 0 aliphatic rings. The van der Waals surface area contributed by atoms with Crippen LogP contribution in [-0.4, -0.2) is 27.6 Å². The summed E-state index contributed by atoms with van der Waals surface area (Å²) in [5, 5.41) is 13.2. The van der Waals surface area contributed by atoms with Gasteiger partial charge in [-0.15, -0.1) is 11.3 Å². The van der Waals surface area contributed by atoms with Crippen LogP contribution in [-0.2, 0) is 4.79 Å². The minimum absolute atomic E-state index is 0.00208. The molecular weight excluding hydrogens is 286 g/mol. The van der Waals surface area contributed by atoms with E-state index in [2.05, 4.69) is 42.1 Å². The van der Waals surface area contributed by atoms with Crippen molar-refractivity contribution in [2.24, 2.45) is 5.41 Å². The van der Waals surface area contributed by atoms with E-state index in [1.165, 1.54) is 4.88 Å². The molecule has 0 atom stereocenters. The predicted molar refractivity (Wildman–Crippen MR) is 85.9 cm³/mol. The van der Waals surface area contributed by atoms with Crippen LogP contribution < -0.4 is 5.32 Å². The van der Waals surface area contributed by atoms with Crippen molar-refractivity contribution in [1.82, 2.24) is 9.97 Å². The fourth-order valence-electron chi connectivity index (χ4n) is 2.21. The molecule has 21 heavy (non-hydrogen) atoms. The van der Waals surface area contributed by atoms with Crippen LogP contribution in [0.25, 0.3) is 10.2 Å². The first-order valence-electron chi connectivity index (χ1n) is 7.04. The summed E-state index contributed by atoms with van der Waals surface area (Å²) in [6, 6.07) is 2.10. The molecule has 0 saturated carbocycles. The number of rotatable bonds is 7. The van der Waals surface area contributed by atoms with Gasteiger partial charge in [0.05, 0.1) is 5.39 Å². The number of fused-ring (bicyclic) bond motifs is 1. The average Bonchev–Trinajstić information content (AvgIpc) is 2.78. The molecule has 0 unspecified atom stereocenters. The molecule has 0 fully saturated rings. The Morgan fingerprint density at radius 1 is 1.38 bits per heavy atom. The third-order valence-corrected chi connectivity index (χ3v) is 4.52. The second-order valence-electron chi connectivity index (χ2n) is 6.03. The summed E-state index contributed by atoms with van der Waals surface area (Å²) < 4.78 is 0. The van der Waals surface area contributed by atoms with Crippen molar-refractivity contribution < 1.29 is 9.90 Å². The Balaban J connectivity index is 1.94. The first-order valence-corrected chi connectivity index (χ1v) is 7.86. The van der Waals surface area contributed by atoms with E-state index in [-0.39, 0.29) is 11.8 Å². The normalized spacial score (nSPS) is 11.8. The molecule has 2 aromatic heterocycles. The van der Waals surface area contributed by atoms with Crippen LogP contribution in [0.4, 0.5) is 5.82 Å². The van der Waals surface area contributed by atoms with E-state index >= 15 is 0 Å². The number of nitrogens with one attached hydrogen (secondary N) is 1. The van der Waals surface area contributed by atoms with Gasteiger partial charge >= 0.3 is 5.97 Å². The number of thiophene rings is 1. The van der Waals surface area contributed by atoms with Crippen LogP contribution in [0.15, 0.2) is 12.4 Å². The van der Waals surface area contributed by atoms with E-state index in [4.69, 9.17) is 5.11 Å². The fourth-order valence-corrected chi connectivity index (χ4v) is 3.05. The van der Waals surface area contributed by atoms with Gasteiger partial charge in [0.25, 0.3) is 0 Å². The molecule has 0 aromatic carbocycles. The molecule has 0 aliphatic carbocycles. The average molecular weight is 307 g/mol. The molecule has 0 radical (unpaired) electrons. The van der Waals surface area contributed by atoms with E-state index in [1.54, 1.807) is 17.7 Å². The lowest BCUT2D eigenvalue weighted by Crippen LogP contribution is -2.18. The molecule has 2 N–H and O–H groups in total. The molecule has 0 spiro atoms. The highest BCUT2D eigenvalue weighted by molar-refractivity contribution is 7.18. The summed E-state index contributed by atoms with van der Waals surface area (Å²) in [4.78, 5) is 21.4. The summed E-state index contributed by atoms with van der Waals surface area (Å²) in [6.45, 7) is 7.03. The number of carboxylic acid groups (broad SMARTS) is 1. The second-order valence-corrected chi connectivity index (χ2v) is 7.27. The van der Waals surface area contributed by atoms with Crippen LogP contribution in [0.2, 0.25) is 0 Å². The number of nitrogens with zero attached hydrogens (tertiary/aromatic N) is 2. The van der Waals surface area contributed by atoms with Gasteiger partial charge in [0.15, 0.2) is 0 Å². The van der Waals surface area contributed by atoms with Crippen molar-refractivity contribution in [3.8, 4) is 0 Å². The van der Waals surface area contributed by atoms with Gasteiger partial charge in [-0.25, -0.2) is 9.97 Å². The zero-order valence-electron chi connectivity index (χ0n) is 12.6. The summed E-state index contributed by atoms with van der Waals surface area (Å²) in [5.74, 6) is 0.126. The largest absolute Gasteiger partial charge is 0.481 e. The molecular formula is C15H21N3O2S. The number of hydrogen-bond donors (Lipinski definition) is 2. The van der Waals surface area contributed by atoms with Crippen molar-refractivity contribution >= 4 is 33.3 Å². The summed E-state index contributed by atoms with van der Waals surface area (Å²) in [7, 11) is 0. The Hall–Kier alpha value is -1.69. The van der Waals surface area contributed by atoms with E-state index in [1.807, 2.05) is 0 Å². The predicted octanol–water partition coefficient (Wildman–Crippen LogP) is 3.69. The third kappa shape index (κ3) is 4.39. The number of carboxylic acids is 1. The highest BCUT2D eigenvalue weighted by atomic mass is 32.1. The van der Waals surface area contributed by atoms with Crippen LogP contribution >= 0.6 is 11.3 Å². The maximum Gasteiger partial charge on any atom is 0.303 e. The highest BCUT2D eigenvalue weighted by Gasteiger charge is 2.19. The molecule has 0 bridgehead atoms. The Labute approximate surface area is 128 Å².